The summed E-state index contributed by atoms with van der Waals surface area (Å²) in [7, 11) is 0. The molecule has 1 rings (SSSR count). The quantitative estimate of drug-likeness (QED) is 0.0884. The van der Waals surface area contributed by atoms with Crippen LogP contribution < -0.4 is 0 Å². The highest BCUT2D eigenvalue weighted by atomic mass is 15.4. The van der Waals surface area contributed by atoms with Gasteiger partial charge in [-0.05, 0) is 33.1 Å². The highest BCUT2D eigenvalue weighted by Gasteiger charge is 2.26. The Hall–Kier alpha value is -0.660. The van der Waals surface area contributed by atoms with Crippen LogP contribution in [0.25, 0.3) is 0 Å². The third-order valence-corrected chi connectivity index (χ3v) is 8.84. The molecule has 1 unspecified atom stereocenters. The summed E-state index contributed by atoms with van der Waals surface area (Å²) in [6, 6.07) is 0.607. The maximum absolute atomic E-state index is 2.66. The molecule has 2 nitrogen and oxygen atoms in total. The van der Waals surface area contributed by atoms with Crippen molar-refractivity contribution < 1.29 is 0 Å². The van der Waals surface area contributed by atoms with Crippen LogP contribution in [0.2, 0.25) is 0 Å². The minimum absolute atomic E-state index is 0.607. The zero-order chi connectivity index (χ0) is 27.5. The molecule has 0 saturated carbocycles. The van der Waals surface area contributed by atoms with Crippen molar-refractivity contribution in [3.05, 3.63) is 12.4 Å². The normalized spacial score (nSPS) is 15.4. The maximum atomic E-state index is 2.66. The van der Waals surface area contributed by atoms with Gasteiger partial charge in [-0.2, -0.15) is 0 Å². The number of rotatable bonds is 29. The van der Waals surface area contributed by atoms with E-state index in [1.807, 2.05) is 0 Å². The summed E-state index contributed by atoms with van der Waals surface area (Å²) in [5, 5.41) is 0. The fourth-order valence-electron chi connectivity index (χ4n) is 6.24. The summed E-state index contributed by atoms with van der Waals surface area (Å²) >= 11 is 0. The van der Waals surface area contributed by atoms with Crippen molar-refractivity contribution >= 4 is 0 Å². The van der Waals surface area contributed by atoms with Crippen molar-refractivity contribution in [1.29, 1.82) is 0 Å². The maximum Gasteiger partial charge on any atom is 0.101 e. The Morgan fingerprint density at radius 2 is 0.789 bits per heavy atom. The molecule has 1 heterocycles. The van der Waals surface area contributed by atoms with Gasteiger partial charge in [-0.15, -0.1) is 0 Å². The molecule has 0 spiro atoms. The predicted molar refractivity (Wildman–Crippen MR) is 173 cm³/mol. The lowest BCUT2D eigenvalue weighted by Crippen LogP contribution is -2.42. The molecule has 1 aliphatic rings. The molecule has 0 saturated heterocycles. The van der Waals surface area contributed by atoms with Crippen LogP contribution in [0.5, 0.6) is 0 Å². The van der Waals surface area contributed by atoms with Gasteiger partial charge in [0.15, 0.2) is 0 Å². The van der Waals surface area contributed by atoms with Crippen molar-refractivity contribution in [3.63, 3.8) is 0 Å². The van der Waals surface area contributed by atoms with Gasteiger partial charge in [0.25, 0.3) is 0 Å². The number of nitrogens with zero attached hydrogens (tertiary/aromatic N) is 2. The Morgan fingerprint density at radius 3 is 1.16 bits per heavy atom. The molecular weight excluding hydrogens is 460 g/mol. The lowest BCUT2D eigenvalue weighted by Gasteiger charge is -2.35. The van der Waals surface area contributed by atoms with Gasteiger partial charge in [-0.1, -0.05) is 168 Å². The standard InChI is InChI=1S/C36H72N2/c1-5-7-9-11-13-15-16-17-18-19-20-21-22-24-26-28-30-32-37-33-34-38(35(3)4)36(37)31-29-27-25-23-14-12-10-8-6-2/h33-36H,5-32H2,1-4H3. The predicted octanol–water partition coefficient (Wildman–Crippen LogP) is 12.4. The molecule has 0 aromatic heterocycles. The average Bonchev–Trinajstić information content (AvgIpc) is 3.32. The van der Waals surface area contributed by atoms with Gasteiger partial charge in [0, 0.05) is 25.0 Å². The highest BCUT2D eigenvalue weighted by molar-refractivity contribution is 4.98. The zero-order valence-electron chi connectivity index (χ0n) is 27.0. The van der Waals surface area contributed by atoms with Crippen LogP contribution in [-0.4, -0.2) is 28.6 Å². The van der Waals surface area contributed by atoms with Crippen LogP contribution in [0.4, 0.5) is 0 Å². The summed E-state index contributed by atoms with van der Waals surface area (Å²) in [5.74, 6) is 0. The lowest BCUT2D eigenvalue weighted by atomic mass is 10.0. The van der Waals surface area contributed by atoms with Gasteiger partial charge in [-0.3, -0.25) is 0 Å². The van der Waals surface area contributed by atoms with Crippen molar-refractivity contribution in [3.8, 4) is 0 Å². The SMILES string of the molecule is CCCCCCCCCCCCCCCCCCCN1C=CN(C(C)C)C1CCCCCCCCCCC. The van der Waals surface area contributed by atoms with E-state index in [0.29, 0.717) is 12.2 Å². The number of unbranched alkanes of at least 4 members (excludes halogenated alkanes) is 24. The Balaban J connectivity index is 1.98. The van der Waals surface area contributed by atoms with E-state index in [9.17, 15) is 0 Å². The van der Waals surface area contributed by atoms with E-state index in [1.165, 1.54) is 180 Å². The van der Waals surface area contributed by atoms with Gasteiger partial charge in [-0.25, -0.2) is 0 Å². The second-order valence-corrected chi connectivity index (χ2v) is 12.8. The Labute approximate surface area is 241 Å². The third-order valence-electron chi connectivity index (χ3n) is 8.84. The second kappa shape index (κ2) is 26.6. The number of hydrogen-bond acceptors (Lipinski definition) is 2. The van der Waals surface area contributed by atoms with Gasteiger partial charge in [0.05, 0.1) is 0 Å². The molecule has 0 aromatic carbocycles. The summed E-state index contributed by atoms with van der Waals surface area (Å²) in [5.41, 5.74) is 0. The molecule has 1 aliphatic heterocycles. The Kier molecular flexibility index (Phi) is 24.7. The van der Waals surface area contributed by atoms with E-state index in [4.69, 9.17) is 0 Å². The van der Waals surface area contributed by atoms with Gasteiger partial charge < -0.3 is 9.80 Å². The zero-order valence-corrected chi connectivity index (χ0v) is 27.0. The minimum Gasteiger partial charge on any atom is -0.356 e. The summed E-state index contributed by atoms with van der Waals surface area (Å²) in [6.07, 6.45) is 44.2. The van der Waals surface area contributed by atoms with Crippen molar-refractivity contribution in [1.82, 2.24) is 9.80 Å². The van der Waals surface area contributed by atoms with E-state index in [1.54, 1.807) is 0 Å². The summed E-state index contributed by atoms with van der Waals surface area (Å²) < 4.78 is 0. The monoisotopic (exact) mass is 533 g/mol. The van der Waals surface area contributed by atoms with Crippen LogP contribution in [0.3, 0.4) is 0 Å². The first-order chi connectivity index (χ1) is 18.7. The Bertz CT molecular complexity index is 500. The second-order valence-electron chi connectivity index (χ2n) is 12.8. The molecule has 0 amide bonds. The summed E-state index contributed by atoms with van der Waals surface area (Å²) in [6.45, 7) is 10.6. The summed E-state index contributed by atoms with van der Waals surface area (Å²) in [4.78, 5) is 5.27. The van der Waals surface area contributed by atoms with E-state index in [0.717, 1.165) is 0 Å². The van der Waals surface area contributed by atoms with E-state index in [2.05, 4.69) is 49.9 Å². The van der Waals surface area contributed by atoms with Crippen LogP contribution >= 0.6 is 0 Å². The first-order valence-corrected chi connectivity index (χ1v) is 17.9. The van der Waals surface area contributed by atoms with Crippen molar-refractivity contribution in [2.75, 3.05) is 6.54 Å². The molecule has 0 fully saturated rings. The van der Waals surface area contributed by atoms with Crippen LogP contribution in [0, 0.1) is 0 Å². The molecule has 0 N–H and O–H groups in total. The third kappa shape index (κ3) is 19.4. The molecule has 38 heavy (non-hydrogen) atoms. The first kappa shape index (κ1) is 35.4. The molecule has 0 aliphatic carbocycles. The van der Waals surface area contributed by atoms with Gasteiger partial charge in [0.1, 0.15) is 6.17 Å². The Morgan fingerprint density at radius 1 is 0.447 bits per heavy atom. The minimum atomic E-state index is 0.607. The molecule has 1 atom stereocenters. The highest BCUT2D eigenvalue weighted by Crippen LogP contribution is 2.25. The van der Waals surface area contributed by atoms with Crippen LogP contribution in [-0.2, 0) is 0 Å². The first-order valence-electron chi connectivity index (χ1n) is 17.9. The van der Waals surface area contributed by atoms with E-state index in [-0.39, 0.29) is 0 Å². The molecule has 226 valence electrons. The van der Waals surface area contributed by atoms with Gasteiger partial charge in [0.2, 0.25) is 0 Å². The van der Waals surface area contributed by atoms with Crippen LogP contribution in [0.1, 0.15) is 201 Å². The van der Waals surface area contributed by atoms with Crippen LogP contribution in [0.15, 0.2) is 12.4 Å². The topological polar surface area (TPSA) is 6.48 Å². The number of hydrogen-bond donors (Lipinski definition) is 0. The fraction of sp³-hybridized carbons (Fsp3) is 0.944. The van der Waals surface area contributed by atoms with Gasteiger partial charge >= 0.3 is 0 Å². The molecule has 2 heteroatoms. The molecule has 0 radical (unpaired) electrons. The van der Waals surface area contributed by atoms with E-state index < -0.39 is 0 Å². The fourth-order valence-corrected chi connectivity index (χ4v) is 6.24. The largest absolute Gasteiger partial charge is 0.356 e. The smallest absolute Gasteiger partial charge is 0.101 e. The molecule has 0 aromatic rings. The van der Waals surface area contributed by atoms with E-state index >= 15 is 0 Å². The average molecular weight is 533 g/mol. The van der Waals surface area contributed by atoms with Crippen molar-refractivity contribution in [2.45, 2.75) is 213 Å². The molecule has 0 bridgehead atoms. The molecular formula is C36H72N2. The van der Waals surface area contributed by atoms with Crippen molar-refractivity contribution in [2.24, 2.45) is 0 Å². The lowest BCUT2D eigenvalue weighted by molar-refractivity contribution is 0.114.